The monoisotopic (exact) mass is 276 g/mol. The Kier molecular flexibility index (Phi) is 5.30. The van der Waals surface area contributed by atoms with Gasteiger partial charge in [-0.05, 0) is 38.3 Å². The van der Waals surface area contributed by atoms with E-state index in [9.17, 15) is 9.59 Å². The first-order valence-electron chi connectivity index (χ1n) is 7.06. The molecule has 0 radical (unpaired) electrons. The molecule has 0 spiro atoms. The number of Topliss-reactive ketones (excluding diaryl/α,β-unsaturated/α-hetero) is 1. The molecule has 0 aromatic heterocycles. The van der Waals surface area contributed by atoms with Crippen molar-refractivity contribution in [1.82, 2.24) is 0 Å². The molecule has 0 amide bonds. The molecule has 4 nitrogen and oxygen atoms in total. The quantitative estimate of drug-likeness (QED) is 0.613. The Bertz CT molecular complexity index is 458. The summed E-state index contributed by atoms with van der Waals surface area (Å²) >= 11 is 0. The smallest absolute Gasteiger partial charge is 0.338 e. The maximum Gasteiger partial charge on any atom is 0.338 e. The summed E-state index contributed by atoms with van der Waals surface area (Å²) in [4.78, 5) is 23.0. The van der Waals surface area contributed by atoms with Crippen molar-refractivity contribution in [3.8, 4) is 0 Å². The zero-order valence-corrected chi connectivity index (χ0v) is 11.8. The van der Waals surface area contributed by atoms with E-state index in [1.165, 1.54) is 13.3 Å². The largest absolute Gasteiger partial charge is 0.462 e. The van der Waals surface area contributed by atoms with Crippen molar-refractivity contribution in [1.29, 1.82) is 0 Å². The number of carbonyl (C=O) groups excluding carboxylic acids is 2. The van der Waals surface area contributed by atoms with Crippen LogP contribution in [-0.2, 0) is 9.47 Å². The Balaban J connectivity index is 1.77. The molecule has 0 saturated carbocycles. The summed E-state index contributed by atoms with van der Waals surface area (Å²) in [6.07, 6.45) is 4.32. The summed E-state index contributed by atoms with van der Waals surface area (Å²) in [6, 6.07) is 6.53. The summed E-state index contributed by atoms with van der Waals surface area (Å²) in [5.74, 6) is -0.365. The van der Waals surface area contributed by atoms with Crippen molar-refractivity contribution in [3.63, 3.8) is 0 Å². The van der Waals surface area contributed by atoms with Crippen LogP contribution in [-0.4, -0.2) is 31.1 Å². The van der Waals surface area contributed by atoms with Gasteiger partial charge in [0.25, 0.3) is 0 Å². The van der Waals surface area contributed by atoms with Gasteiger partial charge in [0.05, 0.1) is 18.3 Å². The molecule has 2 rings (SSSR count). The number of hydrogen-bond acceptors (Lipinski definition) is 4. The molecule has 1 atom stereocenters. The van der Waals surface area contributed by atoms with Gasteiger partial charge in [-0.1, -0.05) is 12.1 Å². The first kappa shape index (κ1) is 14.7. The second-order valence-electron chi connectivity index (χ2n) is 5.05. The van der Waals surface area contributed by atoms with E-state index in [1.807, 2.05) is 0 Å². The first-order valence-corrected chi connectivity index (χ1v) is 7.06. The summed E-state index contributed by atoms with van der Waals surface area (Å²) < 4.78 is 10.8. The first-order chi connectivity index (χ1) is 9.66. The highest BCUT2D eigenvalue weighted by atomic mass is 16.5. The van der Waals surface area contributed by atoms with Gasteiger partial charge in [-0.25, -0.2) is 4.79 Å². The van der Waals surface area contributed by atoms with Crippen LogP contribution in [0.4, 0.5) is 0 Å². The molecule has 1 aliphatic heterocycles. The standard InChI is InChI=1S/C16H20O4/c1-12(17)13-5-7-14(8-6-13)16(18)20-11-9-15-4-2-3-10-19-15/h5-8,15H,2-4,9-11H2,1H3/t15-/m1/s1. The van der Waals surface area contributed by atoms with Crippen LogP contribution in [0.25, 0.3) is 0 Å². The second kappa shape index (κ2) is 7.20. The van der Waals surface area contributed by atoms with Gasteiger partial charge < -0.3 is 9.47 Å². The number of ketones is 1. The van der Waals surface area contributed by atoms with Crippen molar-refractivity contribution in [2.75, 3.05) is 13.2 Å². The van der Waals surface area contributed by atoms with Crippen molar-refractivity contribution in [3.05, 3.63) is 35.4 Å². The Morgan fingerprint density at radius 3 is 2.50 bits per heavy atom. The van der Waals surface area contributed by atoms with E-state index in [-0.39, 0.29) is 17.9 Å². The molecule has 1 aliphatic rings. The number of esters is 1. The fourth-order valence-electron chi connectivity index (χ4n) is 2.24. The maximum absolute atomic E-state index is 11.8. The van der Waals surface area contributed by atoms with Gasteiger partial charge in [0.1, 0.15) is 0 Å². The van der Waals surface area contributed by atoms with Crippen LogP contribution in [0.1, 0.15) is 53.3 Å². The van der Waals surface area contributed by atoms with Gasteiger partial charge in [0.2, 0.25) is 0 Å². The number of carbonyl (C=O) groups is 2. The van der Waals surface area contributed by atoms with Crippen LogP contribution in [0.5, 0.6) is 0 Å². The molecular formula is C16H20O4. The minimum absolute atomic E-state index is 0.0145. The minimum atomic E-state index is -0.351. The van der Waals surface area contributed by atoms with E-state index >= 15 is 0 Å². The molecule has 1 aromatic carbocycles. The fourth-order valence-corrected chi connectivity index (χ4v) is 2.24. The SMILES string of the molecule is CC(=O)c1ccc(C(=O)OCC[C@H]2CCCCO2)cc1. The van der Waals surface area contributed by atoms with Crippen LogP contribution in [0.15, 0.2) is 24.3 Å². The average molecular weight is 276 g/mol. The van der Waals surface area contributed by atoms with Crippen LogP contribution in [0, 0.1) is 0 Å². The third-order valence-corrected chi connectivity index (χ3v) is 3.47. The van der Waals surface area contributed by atoms with Crippen LogP contribution < -0.4 is 0 Å². The van der Waals surface area contributed by atoms with E-state index in [0.717, 1.165) is 25.9 Å². The van der Waals surface area contributed by atoms with Crippen molar-refractivity contribution in [2.45, 2.75) is 38.7 Å². The van der Waals surface area contributed by atoms with Gasteiger partial charge >= 0.3 is 5.97 Å². The Morgan fingerprint density at radius 2 is 1.90 bits per heavy atom. The van der Waals surface area contributed by atoms with Gasteiger partial charge in [-0.15, -0.1) is 0 Å². The van der Waals surface area contributed by atoms with E-state index in [2.05, 4.69) is 0 Å². The highest BCUT2D eigenvalue weighted by Gasteiger charge is 2.15. The maximum atomic E-state index is 11.8. The minimum Gasteiger partial charge on any atom is -0.462 e. The molecule has 0 aliphatic carbocycles. The summed E-state index contributed by atoms with van der Waals surface area (Å²) in [5.41, 5.74) is 1.07. The number of hydrogen-bond donors (Lipinski definition) is 0. The van der Waals surface area contributed by atoms with Gasteiger partial charge in [0.15, 0.2) is 5.78 Å². The average Bonchev–Trinajstić information content (AvgIpc) is 2.48. The van der Waals surface area contributed by atoms with E-state index < -0.39 is 0 Å². The van der Waals surface area contributed by atoms with E-state index in [1.54, 1.807) is 24.3 Å². The third kappa shape index (κ3) is 4.17. The molecule has 1 heterocycles. The fraction of sp³-hybridized carbons (Fsp3) is 0.500. The lowest BCUT2D eigenvalue weighted by Gasteiger charge is -2.22. The van der Waals surface area contributed by atoms with Crippen LogP contribution in [0.2, 0.25) is 0 Å². The molecule has 0 unspecified atom stereocenters. The van der Waals surface area contributed by atoms with Crippen LogP contribution in [0.3, 0.4) is 0 Å². The lowest BCUT2D eigenvalue weighted by Crippen LogP contribution is -2.21. The topological polar surface area (TPSA) is 52.6 Å². The number of rotatable bonds is 5. The number of ether oxygens (including phenoxy) is 2. The van der Waals surface area contributed by atoms with Crippen molar-refractivity contribution < 1.29 is 19.1 Å². The molecule has 108 valence electrons. The van der Waals surface area contributed by atoms with Crippen molar-refractivity contribution in [2.24, 2.45) is 0 Å². The van der Waals surface area contributed by atoms with Crippen molar-refractivity contribution >= 4 is 11.8 Å². The zero-order chi connectivity index (χ0) is 14.4. The normalized spacial score (nSPS) is 18.6. The van der Waals surface area contributed by atoms with Gasteiger partial charge in [0, 0.05) is 18.6 Å². The van der Waals surface area contributed by atoms with Gasteiger partial charge in [-0.3, -0.25) is 4.79 Å². The summed E-state index contributed by atoms with van der Waals surface area (Å²) in [6.45, 7) is 2.68. The zero-order valence-electron chi connectivity index (χ0n) is 11.8. The highest BCUT2D eigenvalue weighted by Crippen LogP contribution is 2.15. The van der Waals surface area contributed by atoms with E-state index in [4.69, 9.17) is 9.47 Å². The number of benzene rings is 1. The molecule has 20 heavy (non-hydrogen) atoms. The second-order valence-corrected chi connectivity index (χ2v) is 5.05. The Morgan fingerprint density at radius 1 is 1.20 bits per heavy atom. The molecule has 1 saturated heterocycles. The summed E-state index contributed by atoms with van der Waals surface area (Å²) in [5, 5.41) is 0. The molecule has 0 bridgehead atoms. The lowest BCUT2D eigenvalue weighted by molar-refractivity contribution is -0.00446. The Labute approximate surface area is 119 Å². The van der Waals surface area contributed by atoms with Crippen LogP contribution >= 0.6 is 0 Å². The molecular weight excluding hydrogens is 256 g/mol. The van der Waals surface area contributed by atoms with E-state index in [0.29, 0.717) is 17.7 Å². The predicted octanol–water partition coefficient (Wildman–Crippen LogP) is 3.01. The molecule has 1 fully saturated rings. The predicted molar refractivity (Wildman–Crippen MR) is 74.9 cm³/mol. The highest BCUT2D eigenvalue weighted by molar-refractivity contribution is 5.96. The molecule has 1 aromatic rings. The summed E-state index contributed by atoms with van der Waals surface area (Å²) in [7, 11) is 0. The van der Waals surface area contributed by atoms with Gasteiger partial charge in [-0.2, -0.15) is 0 Å². The lowest BCUT2D eigenvalue weighted by atomic mass is 10.1. The third-order valence-electron chi connectivity index (χ3n) is 3.47. The Hall–Kier alpha value is -1.68. The molecule has 4 heteroatoms. The molecule has 0 N–H and O–H groups in total.